The molecule has 0 saturated heterocycles. The molecule has 1 aliphatic carbocycles. The average molecular weight is 1150 g/mol. The highest BCUT2D eigenvalue weighted by molar-refractivity contribution is 6.11. The predicted molar refractivity (Wildman–Crippen MR) is 363 cm³/mol. The Morgan fingerprint density at radius 2 is 0.878 bits per heavy atom. The van der Waals surface area contributed by atoms with Gasteiger partial charge in [0, 0.05) is 61.6 Å². The summed E-state index contributed by atoms with van der Waals surface area (Å²) in [5, 5.41) is 8.66. The molecule has 0 radical (unpaired) electrons. The number of furan rings is 3. The molecule has 0 bridgehead atoms. The Balaban J connectivity index is 0.688. The van der Waals surface area contributed by atoms with Crippen LogP contribution in [0.4, 0.5) is 0 Å². The zero-order valence-electron chi connectivity index (χ0n) is 48.7. The normalized spacial score (nSPS) is 13.7. The second kappa shape index (κ2) is 20.4. The van der Waals surface area contributed by atoms with Gasteiger partial charge in [0.15, 0.2) is 23.2 Å². The van der Waals surface area contributed by atoms with Gasteiger partial charge in [-0.2, -0.15) is 0 Å². The van der Waals surface area contributed by atoms with E-state index in [1.807, 2.05) is 60.8 Å². The molecular weight excluding hydrogens is 1100 g/mol. The molecule has 1 aliphatic rings. The second-order valence-corrected chi connectivity index (χ2v) is 23.8. The number of nitrogens with zero attached hydrogens (tertiary/aromatic N) is 5. The zero-order chi connectivity index (χ0) is 59.4. The van der Waals surface area contributed by atoms with Crippen LogP contribution in [0, 0.1) is 0 Å². The Morgan fingerprint density at radius 1 is 0.322 bits per heavy atom. The van der Waals surface area contributed by atoms with E-state index in [0.717, 1.165) is 128 Å². The van der Waals surface area contributed by atoms with Crippen molar-refractivity contribution in [2.75, 3.05) is 0 Å². The number of pyridine rings is 1. The van der Waals surface area contributed by atoms with Crippen LogP contribution < -0.4 is 0 Å². The van der Waals surface area contributed by atoms with Crippen LogP contribution >= 0.6 is 0 Å². The predicted octanol–water partition coefficient (Wildman–Crippen LogP) is 21.2. The Morgan fingerprint density at radius 3 is 1.63 bits per heavy atom. The van der Waals surface area contributed by atoms with Gasteiger partial charge in [0.2, 0.25) is 0 Å². The third-order valence-electron chi connectivity index (χ3n) is 18.2. The van der Waals surface area contributed by atoms with Crippen LogP contribution in [-0.2, 0) is 11.8 Å². The van der Waals surface area contributed by atoms with E-state index in [9.17, 15) is 0 Å². The fraction of sp³-hybridized carbons (Fsp3) is 0.0366. The molecule has 6 aromatic heterocycles. The first-order valence-corrected chi connectivity index (χ1v) is 30.4. The molecule has 0 aliphatic heterocycles. The lowest BCUT2D eigenvalue weighted by atomic mass is 9.75. The number of para-hydroxylation sites is 2. The molecule has 422 valence electrons. The molecule has 8 nitrogen and oxygen atoms in total. The van der Waals surface area contributed by atoms with Crippen LogP contribution in [0.1, 0.15) is 23.6 Å². The monoisotopic (exact) mass is 1150 g/mol. The minimum atomic E-state index is -0.371. The number of hydrogen-bond donors (Lipinski definition) is 0. The van der Waals surface area contributed by atoms with Crippen molar-refractivity contribution in [3.8, 4) is 102 Å². The Labute approximate surface area is 517 Å². The third kappa shape index (κ3) is 8.71. The molecule has 0 fully saturated rings. The third-order valence-corrected chi connectivity index (χ3v) is 18.2. The molecule has 18 rings (SSSR count). The number of rotatable bonds is 10. The molecule has 6 heterocycles. The number of aromatic nitrogens is 5. The van der Waals surface area contributed by atoms with Crippen molar-refractivity contribution in [1.82, 2.24) is 24.9 Å². The van der Waals surface area contributed by atoms with Gasteiger partial charge in [-0.3, -0.25) is 4.98 Å². The Bertz CT molecular complexity index is 5680. The minimum Gasteiger partial charge on any atom is -0.456 e. The van der Waals surface area contributed by atoms with Crippen LogP contribution in [0.3, 0.4) is 0 Å². The summed E-state index contributed by atoms with van der Waals surface area (Å²) < 4.78 is 19.4. The zero-order valence-corrected chi connectivity index (χ0v) is 48.7. The standard InChI is InChI=1S/C82H51N5O3/c1-82(47-49-13-10-18-52(37-49)55-30-31-57-39-58(33-32-56(57)38-55)69-45-71(77-43-59-16-4-8-24-73(59)88-77)86-80(84-69)51-28-26-50(27-29-51)62-19-12-36-83-48-62)67-22-7-6-20-63(67)79-64(21-11-23-68(79)82)70-46-72(78-44-60-17-5-9-25-74(60)89-78)87-81(85-70)61-34-35-75-65(41-61)66-40-53-14-2-3-15-54(53)42-76(66)90-75/h2-46,48H,47H2,1H3. The van der Waals surface area contributed by atoms with Crippen molar-refractivity contribution < 1.29 is 13.3 Å². The molecule has 0 amide bonds. The molecule has 8 heteroatoms. The minimum absolute atomic E-state index is 0.371. The van der Waals surface area contributed by atoms with Gasteiger partial charge >= 0.3 is 0 Å². The summed E-state index contributed by atoms with van der Waals surface area (Å²) in [6.45, 7) is 2.40. The maximum absolute atomic E-state index is 6.56. The molecule has 1 unspecified atom stereocenters. The molecule has 90 heavy (non-hydrogen) atoms. The van der Waals surface area contributed by atoms with E-state index < -0.39 is 0 Å². The Hall–Kier alpha value is -11.9. The van der Waals surface area contributed by atoms with E-state index >= 15 is 0 Å². The van der Waals surface area contributed by atoms with Crippen LogP contribution in [0.15, 0.2) is 293 Å². The van der Waals surface area contributed by atoms with Crippen molar-refractivity contribution >= 4 is 65.4 Å². The maximum atomic E-state index is 6.56. The van der Waals surface area contributed by atoms with Crippen molar-refractivity contribution in [3.05, 3.63) is 296 Å². The largest absolute Gasteiger partial charge is 0.456 e. The first-order valence-electron chi connectivity index (χ1n) is 30.4. The van der Waals surface area contributed by atoms with Gasteiger partial charge in [-0.25, -0.2) is 19.9 Å². The molecule has 11 aromatic carbocycles. The summed E-state index contributed by atoms with van der Waals surface area (Å²) in [5.74, 6) is 2.59. The van der Waals surface area contributed by atoms with Gasteiger partial charge in [0.1, 0.15) is 33.7 Å². The lowest BCUT2D eigenvalue weighted by Gasteiger charge is -2.28. The fourth-order valence-electron chi connectivity index (χ4n) is 13.7. The number of benzene rings is 11. The first kappa shape index (κ1) is 51.4. The van der Waals surface area contributed by atoms with Gasteiger partial charge in [-0.15, -0.1) is 0 Å². The molecule has 0 spiro atoms. The van der Waals surface area contributed by atoms with E-state index in [-0.39, 0.29) is 5.41 Å². The first-order chi connectivity index (χ1) is 44.4. The maximum Gasteiger partial charge on any atom is 0.160 e. The van der Waals surface area contributed by atoms with E-state index in [1.54, 1.807) is 6.20 Å². The highest BCUT2D eigenvalue weighted by Crippen LogP contribution is 2.54. The average Bonchev–Trinajstić information content (AvgIpc) is 1.58. The number of fused-ring (bicyclic) bond motifs is 10. The quantitative estimate of drug-likeness (QED) is 0.133. The lowest BCUT2D eigenvalue weighted by molar-refractivity contribution is 0.583. The second-order valence-electron chi connectivity index (χ2n) is 23.8. The molecule has 0 N–H and O–H groups in total. The summed E-state index contributed by atoms with van der Waals surface area (Å²) in [4.78, 5) is 25.4. The Kier molecular flexibility index (Phi) is 11.6. The van der Waals surface area contributed by atoms with Gasteiger partial charge in [0.25, 0.3) is 0 Å². The smallest absolute Gasteiger partial charge is 0.160 e. The van der Waals surface area contributed by atoms with Crippen molar-refractivity contribution in [2.24, 2.45) is 0 Å². The molecule has 1 atom stereocenters. The van der Waals surface area contributed by atoms with Crippen LogP contribution in [0.2, 0.25) is 0 Å². The summed E-state index contributed by atoms with van der Waals surface area (Å²) in [7, 11) is 0. The lowest BCUT2D eigenvalue weighted by Crippen LogP contribution is -2.24. The van der Waals surface area contributed by atoms with Crippen molar-refractivity contribution in [2.45, 2.75) is 18.8 Å². The highest BCUT2D eigenvalue weighted by Gasteiger charge is 2.41. The molecule has 17 aromatic rings. The molecular formula is C82H51N5O3. The summed E-state index contributed by atoms with van der Waals surface area (Å²) in [5.41, 5.74) is 20.4. The van der Waals surface area contributed by atoms with Crippen LogP contribution in [0.25, 0.3) is 167 Å². The van der Waals surface area contributed by atoms with Crippen LogP contribution in [0.5, 0.6) is 0 Å². The van der Waals surface area contributed by atoms with Crippen molar-refractivity contribution in [1.29, 1.82) is 0 Å². The van der Waals surface area contributed by atoms with E-state index in [1.165, 1.54) is 27.8 Å². The topological polar surface area (TPSA) is 104 Å². The SMILES string of the molecule is CC1(Cc2cccc(-c3ccc4cc(-c5cc(-c6cc7ccccc7o6)nc(-c6ccc(-c7cccnc7)cc6)n5)ccc4c3)c2)c2ccccc2-c2c(-c3cc(-c4cc5ccccc5o4)nc(-c4ccc5oc6cc7ccccc7cc6c5c4)n3)cccc21. The summed E-state index contributed by atoms with van der Waals surface area (Å²) in [6.07, 6.45) is 4.45. The van der Waals surface area contributed by atoms with Crippen molar-refractivity contribution in [3.63, 3.8) is 0 Å². The summed E-state index contributed by atoms with van der Waals surface area (Å²) in [6, 6.07) is 93.9. The van der Waals surface area contributed by atoms with E-state index in [2.05, 4.69) is 224 Å². The van der Waals surface area contributed by atoms with Gasteiger partial charge < -0.3 is 13.3 Å². The highest BCUT2D eigenvalue weighted by atomic mass is 16.3. The van der Waals surface area contributed by atoms with E-state index in [0.29, 0.717) is 34.6 Å². The summed E-state index contributed by atoms with van der Waals surface area (Å²) >= 11 is 0. The van der Waals surface area contributed by atoms with Gasteiger partial charge in [-0.1, -0.05) is 189 Å². The van der Waals surface area contributed by atoms with Crippen LogP contribution in [-0.4, -0.2) is 24.9 Å². The van der Waals surface area contributed by atoms with E-state index in [4.69, 9.17) is 33.2 Å². The van der Waals surface area contributed by atoms with Gasteiger partial charge in [0.05, 0.1) is 11.4 Å². The van der Waals surface area contributed by atoms with Gasteiger partial charge in [-0.05, 0) is 163 Å². The fourth-order valence-corrected chi connectivity index (χ4v) is 13.7. The molecule has 0 saturated carbocycles. The number of hydrogen-bond acceptors (Lipinski definition) is 8.